The fourth-order valence-electron chi connectivity index (χ4n) is 4.97. The molecular weight excluding hydrogens is 598 g/mol. The monoisotopic (exact) mass is 639 g/mol. The van der Waals surface area contributed by atoms with E-state index in [0.717, 1.165) is 44.6 Å². The topological polar surface area (TPSA) is 198 Å². The lowest BCUT2D eigenvalue weighted by molar-refractivity contribution is -0.130. The van der Waals surface area contributed by atoms with E-state index in [2.05, 4.69) is 70.4 Å². The normalized spacial score (nSPS) is 14.3. The molecule has 1 aromatic carbocycles. The van der Waals surface area contributed by atoms with E-state index in [1.165, 1.54) is 11.1 Å². The molecule has 0 saturated carbocycles. The molecule has 45 heavy (non-hydrogen) atoms. The predicted octanol–water partition coefficient (Wildman–Crippen LogP) is 0.865. The summed E-state index contributed by atoms with van der Waals surface area (Å²) in [6.07, 6.45) is 4.84. The van der Waals surface area contributed by atoms with Gasteiger partial charge in [-0.25, -0.2) is 9.97 Å². The number of carbonyl (C=O) groups is 2. The number of piperidine rings is 1. The zero-order chi connectivity index (χ0) is 32.3. The minimum absolute atomic E-state index is 0.00361. The van der Waals surface area contributed by atoms with E-state index in [9.17, 15) is 9.59 Å². The van der Waals surface area contributed by atoms with Crippen LogP contribution in [0.1, 0.15) is 46.6 Å². The number of hydrogen-bond acceptors (Lipinski definition) is 10. The van der Waals surface area contributed by atoms with Crippen molar-refractivity contribution >= 4 is 41.0 Å². The van der Waals surface area contributed by atoms with Crippen molar-refractivity contribution < 1.29 is 9.59 Å². The van der Waals surface area contributed by atoms with Crippen LogP contribution >= 0.6 is 11.6 Å². The predicted molar refractivity (Wildman–Crippen MR) is 174 cm³/mol. The van der Waals surface area contributed by atoms with Gasteiger partial charge in [0.2, 0.25) is 5.91 Å². The Kier molecular flexibility index (Phi) is 12.0. The van der Waals surface area contributed by atoms with E-state index in [1.807, 2.05) is 10.9 Å². The largest absolute Gasteiger partial charge is 0.381 e. The zero-order valence-corrected chi connectivity index (χ0v) is 26.7. The lowest BCUT2D eigenvalue weighted by Gasteiger charge is -2.33. The van der Waals surface area contributed by atoms with Crippen LogP contribution in [0.15, 0.2) is 35.5 Å². The van der Waals surface area contributed by atoms with E-state index >= 15 is 0 Å². The number of halogens is 1. The summed E-state index contributed by atoms with van der Waals surface area (Å²) in [5, 5.41) is 17.4. The molecule has 242 valence electrons. The summed E-state index contributed by atoms with van der Waals surface area (Å²) in [6, 6.07) is 8.83. The smallest absolute Gasteiger partial charge is 0.302 e. The molecule has 0 atom stereocenters. The minimum Gasteiger partial charge on any atom is -0.381 e. The summed E-state index contributed by atoms with van der Waals surface area (Å²) in [5.74, 6) is 0.0168. The molecule has 16 heteroatoms. The van der Waals surface area contributed by atoms with Crippen molar-refractivity contribution in [2.24, 2.45) is 10.7 Å². The highest BCUT2D eigenvalue weighted by Crippen LogP contribution is 2.20. The van der Waals surface area contributed by atoms with Crippen molar-refractivity contribution in [3.63, 3.8) is 0 Å². The summed E-state index contributed by atoms with van der Waals surface area (Å²) in [6.45, 7) is 4.14. The Hall–Kier alpha value is -4.34. The van der Waals surface area contributed by atoms with Gasteiger partial charge in [-0.3, -0.25) is 19.2 Å². The van der Waals surface area contributed by atoms with Gasteiger partial charge in [0.25, 0.3) is 0 Å². The number of nitrogen functional groups attached to an aromatic ring is 1. The van der Waals surface area contributed by atoms with Crippen LogP contribution in [0.2, 0.25) is 5.15 Å². The first-order valence-electron chi connectivity index (χ1n) is 14.9. The molecule has 2 aromatic heterocycles. The number of guanidine groups is 1. The van der Waals surface area contributed by atoms with Gasteiger partial charge in [0.05, 0.1) is 12.7 Å². The molecular formula is C29H42ClN13O2. The standard InChI is InChI=1S/C29H42ClN13O2/c1-33-27-24(36-25(30)26(32)37-27)28(45)38-29(34-2)35-21-10-13-42(14-11-21)16-20-6-4-19(5-7-20)9-15-43-18-22(39-40-43)17-41(3)23(44)8-12-31/h4-7,18,21H,8-17,31H2,1-3H3,(H3,32,33,37)(H2,34,35,38,45). The number of rotatable bonds is 12. The molecule has 3 aromatic rings. The van der Waals surface area contributed by atoms with Crippen molar-refractivity contribution in [2.45, 2.75) is 51.4 Å². The second-order valence-electron chi connectivity index (χ2n) is 10.9. The fourth-order valence-corrected chi connectivity index (χ4v) is 5.10. The summed E-state index contributed by atoms with van der Waals surface area (Å²) in [7, 11) is 5.07. The van der Waals surface area contributed by atoms with E-state index in [1.54, 1.807) is 26.0 Å². The number of hydrogen-bond donors (Lipinski definition) is 5. The number of amides is 2. The molecule has 0 spiro atoms. The molecule has 1 aliphatic rings. The van der Waals surface area contributed by atoms with Crippen LogP contribution in [-0.2, 0) is 30.8 Å². The Morgan fingerprint density at radius 3 is 2.51 bits per heavy atom. The molecule has 1 fully saturated rings. The number of aromatic nitrogens is 5. The first kappa shape index (κ1) is 33.6. The molecule has 2 amide bonds. The highest BCUT2D eigenvalue weighted by atomic mass is 35.5. The molecule has 1 aliphatic heterocycles. The Morgan fingerprint density at radius 2 is 1.84 bits per heavy atom. The molecule has 1 saturated heterocycles. The number of nitrogens with two attached hydrogens (primary N) is 2. The summed E-state index contributed by atoms with van der Waals surface area (Å²) >= 11 is 5.98. The third-order valence-corrected chi connectivity index (χ3v) is 7.80. The fraction of sp³-hybridized carbons (Fsp3) is 0.483. The van der Waals surface area contributed by atoms with Crippen LogP contribution in [0.3, 0.4) is 0 Å². The number of likely N-dealkylation sites (tertiary alicyclic amines) is 1. The first-order valence-corrected chi connectivity index (χ1v) is 15.3. The SMILES string of the molecule is CN/C(=N\C(=O)c1nc(Cl)c(N)nc1NC)NC1CCN(Cc2ccc(CCn3cc(CN(C)C(=O)CCN)nn3)cc2)CC1. The van der Waals surface area contributed by atoms with Gasteiger partial charge in [0.15, 0.2) is 28.4 Å². The van der Waals surface area contributed by atoms with E-state index in [-0.39, 0.29) is 34.4 Å². The maximum Gasteiger partial charge on any atom is 0.302 e. The van der Waals surface area contributed by atoms with Crippen LogP contribution in [0.5, 0.6) is 0 Å². The van der Waals surface area contributed by atoms with Crippen molar-refractivity contribution in [3.8, 4) is 0 Å². The number of nitrogens with zero attached hydrogens (tertiary/aromatic N) is 8. The summed E-state index contributed by atoms with van der Waals surface area (Å²) in [4.78, 5) is 41.1. The molecule has 15 nitrogen and oxygen atoms in total. The lowest BCUT2D eigenvalue weighted by atomic mass is 10.0. The Bertz CT molecular complexity index is 1470. The van der Waals surface area contributed by atoms with E-state index in [4.69, 9.17) is 23.1 Å². The maximum atomic E-state index is 12.8. The molecule has 0 unspecified atom stereocenters. The highest BCUT2D eigenvalue weighted by molar-refractivity contribution is 6.31. The van der Waals surface area contributed by atoms with Gasteiger partial charge in [-0.05, 0) is 30.4 Å². The Balaban J connectivity index is 1.21. The number of aryl methyl sites for hydroxylation is 2. The van der Waals surface area contributed by atoms with Crippen LogP contribution < -0.4 is 27.4 Å². The third-order valence-electron chi connectivity index (χ3n) is 7.52. The van der Waals surface area contributed by atoms with Crippen LogP contribution in [-0.4, -0.2) is 99.4 Å². The highest BCUT2D eigenvalue weighted by Gasteiger charge is 2.22. The van der Waals surface area contributed by atoms with Crippen molar-refractivity contribution in [1.29, 1.82) is 0 Å². The van der Waals surface area contributed by atoms with Crippen LogP contribution in [0.25, 0.3) is 0 Å². The summed E-state index contributed by atoms with van der Waals surface area (Å²) in [5.41, 5.74) is 14.4. The van der Waals surface area contributed by atoms with Gasteiger partial charge in [0.1, 0.15) is 5.69 Å². The van der Waals surface area contributed by atoms with Gasteiger partial charge in [-0.2, -0.15) is 4.99 Å². The van der Waals surface area contributed by atoms with Gasteiger partial charge in [-0.15, -0.1) is 5.10 Å². The average Bonchev–Trinajstić information content (AvgIpc) is 3.49. The van der Waals surface area contributed by atoms with Gasteiger partial charge >= 0.3 is 5.91 Å². The van der Waals surface area contributed by atoms with Crippen LogP contribution in [0.4, 0.5) is 11.6 Å². The van der Waals surface area contributed by atoms with Crippen molar-refractivity contribution in [2.75, 3.05) is 51.8 Å². The minimum atomic E-state index is -0.586. The molecule has 4 rings (SSSR count). The quantitative estimate of drug-likeness (QED) is 0.139. The lowest BCUT2D eigenvalue weighted by Crippen LogP contribution is -2.48. The molecule has 7 N–H and O–H groups in total. The molecule has 0 radical (unpaired) electrons. The Morgan fingerprint density at radius 1 is 1.13 bits per heavy atom. The zero-order valence-electron chi connectivity index (χ0n) is 26.0. The average molecular weight is 640 g/mol. The molecule has 0 bridgehead atoms. The molecule has 0 aliphatic carbocycles. The maximum absolute atomic E-state index is 12.8. The second-order valence-corrected chi connectivity index (χ2v) is 11.2. The van der Waals surface area contributed by atoms with Crippen molar-refractivity contribution in [3.05, 3.63) is 58.1 Å². The third kappa shape index (κ3) is 9.57. The van der Waals surface area contributed by atoms with Gasteiger partial charge in [0, 0.05) is 66.3 Å². The van der Waals surface area contributed by atoms with Gasteiger partial charge in [-0.1, -0.05) is 41.1 Å². The van der Waals surface area contributed by atoms with Crippen LogP contribution in [0, 0.1) is 0 Å². The summed E-state index contributed by atoms with van der Waals surface area (Å²) < 4.78 is 1.81. The number of benzene rings is 1. The number of anilines is 2. The van der Waals surface area contributed by atoms with Gasteiger partial charge < -0.3 is 32.3 Å². The number of aliphatic imine (C=N–C) groups is 1. The second kappa shape index (κ2) is 16.1. The molecule has 3 heterocycles. The Labute approximate surface area is 267 Å². The number of carbonyl (C=O) groups excluding carboxylic acids is 2. The number of nitrogens with one attached hydrogen (secondary N) is 3. The van der Waals surface area contributed by atoms with E-state index in [0.29, 0.717) is 32.0 Å². The van der Waals surface area contributed by atoms with Crippen molar-refractivity contribution in [1.82, 2.24) is 45.4 Å². The van der Waals surface area contributed by atoms with E-state index < -0.39 is 5.91 Å². The first-order chi connectivity index (χ1) is 21.7.